The van der Waals surface area contributed by atoms with Crippen molar-refractivity contribution < 1.29 is 4.79 Å². The molecule has 0 spiro atoms. The number of aromatic amines is 1. The lowest BCUT2D eigenvalue weighted by atomic mass is 9.95. The van der Waals surface area contributed by atoms with Crippen LogP contribution in [0.15, 0.2) is 18.2 Å². The molecule has 0 saturated carbocycles. The van der Waals surface area contributed by atoms with Crippen LogP contribution in [0, 0.1) is 11.8 Å². The summed E-state index contributed by atoms with van der Waals surface area (Å²) < 4.78 is 0. The third-order valence-electron chi connectivity index (χ3n) is 3.95. The van der Waals surface area contributed by atoms with E-state index in [0.29, 0.717) is 13.0 Å². The number of carbonyl (C=O) groups excluding carboxylic acids is 1. The van der Waals surface area contributed by atoms with E-state index in [-0.39, 0.29) is 5.91 Å². The van der Waals surface area contributed by atoms with E-state index in [9.17, 15) is 4.79 Å². The molecule has 0 radical (unpaired) electrons. The second-order valence-electron chi connectivity index (χ2n) is 5.58. The van der Waals surface area contributed by atoms with E-state index in [1.165, 1.54) is 54.8 Å². The van der Waals surface area contributed by atoms with Gasteiger partial charge in [0.25, 0.3) is 0 Å². The third kappa shape index (κ3) is 3.11. The Kier molecular flexibility index (Phi) is 3.96. The molecule has 21 heavy (non-hydrogen) atoms. The van der Waals surface area contributed by atoms with E-state index >= 15 is 0 Å². The van der Waals surface area contributed by atoms with Crippen molar-refractivity contribution in [2.24, 2.45) is 0 Å². The lowest BCUT2D eigenvalue weighted by Crippen LogP contribution is -2.20. The van der Waals surface area contributed by atoms with Gasteiger partial charge in [0.2, 0.25) is 5.91 Å². The van der Waals surface area contributed by atoms with E-state index < -0.39 is 0 Å². The minimum absolute atomic E-state index is 0.00262. The highest BCUT2D eigenvalue weighted by molar-refractivity contribution is 5.86. The zero-order valence-electron chi connectivity index (χ0n) is 12.4. The number of aryl methyl sites for hydroxylation is 2. The van der Waals surface area contributed by atoms with E-state index in [1.807, 2.05) is 0 Å². The van der Waals surface area contributed by atoms with Gasteiger partial charge in [-0.3, -0.25) is 4.79 Å². The number of rotatable bonds is 2. The van der Waals surface area contributed by atoms with Crippen LogP contribution in [0.5, 0.6) is 0 Å². The standard InChI is InChI=1S/C18H20N2O/c1-13(21)19-11-5-4-6-14-9-10-18-16(12-14)15-7-2-3-8-17(15)20-18/h9-10,12,20H,2-3,5,7-8,11H2,1H3,(H,19,21). The molecule has 0 fully saturated rings. The van der Waals surface area contributed by atoms with E-state index in [0.717, 1.165) is 5.56 Å². The van der Waals surface area contributed by atoms with Gasteiger partial charge in [-0.15, -0.1) is 0 Å². The smallest absolute Gasteiger partial charge is 0.216 e. The van der Waals surface area contributed by atoms with E-state index in [4.69, 9.17) is 0 Å². The second-order valence-corrected chi connectivity index (χ2v) is 5.58. The Morgan fingerprint density at radius 1 is 1.33 bits per heavy atom. The molecule has 0 bridgehead atoms. The highest BCUT2D eigenvalue weighted by Crippen LogP contribution is 2.29. The van der Waals surface area contributed by atoms with Crippen LogP contribution in [-0.2, 0) is 17.6 Å². The van der Waals surface area contributed by atoms with Crippen molar-refractivity contribution in [3.63, 3.8) is 0 Å². The number of amides is 1. The Labute approximate surface area is 125 Å². The molecule has 108 valence electrons. The zero-order valence-corrected chi connectivity index (χ0v) is 12.4. The quantitative estimate of drug-likeness (QED) is 0.645. The van der Waals surface area contributed by atoms with Crippen LogP contribution < -0.4 is 5.32 Å². The molecule has 3 nitrogen and oxygen atoms in total. The van der Waals surface area contributed by atoms with Gasteiger partial charge in [0.1, 0.15) is 0 Å². The van der Waals surface area contributed by atoms with Gasteiger partial charge >= 0.3 is 0 Å². The van der Waals surface area contributed by atoms with Crippen LogP contribution in [0.4, 0.5) is 0 Å². The molecular formula is C18H20N2O. The molecule has 0 saturated heterocycles. The normalized spacial score (nSPS) is 13.4. The summed E-state index contributed by atoms with van der Waals surface area (Å²) in [7, 11) is 0. The van der Waals surface area contributed by atoms with Crippen molar-refractivity contribution in [3.8, 4) is 11.8 Å². The molecule has 1 aliphatic carbocycles. The summed E-state index contributed by atoms with van der Waals surface area (Å²) in [5, 5.41) is 4.08. The highest BCUT2D eigenvalue weighted by Gasteiger charge is 2.14. The van der Waals surface area contributed by atoms with Crippen molar-refractivity contribution in [2.45, 2.75) is 39.0 Å². The molecule has 1 heterocycles. The molecule has 3 rings (SSSR count). The first-order valence-electron chi connectivity index (χ1n) is 7.61. The Morgan fingerprint density at radius 3 is 3.05 bits per heavy atom. The van der Waals surface area contributed by atoms with E-state index in [2.05, 4.69) is 40.3 Å². The minimum Gasteiger partial charge on any atom is -0.358 e. The number of hydrogen-bond donors (Lipinski definition) is 2. The summed E-state index contributed by atoms with van der Waals surface area (Å²) in [6.07, 6.45) is 5.60. The topological polar surface area (TPSA) is 44.9 Å². The molecule has 0 unspecified atom stereocenters. The fourth-order valence-electron chi connectivity index (χ4n) is 2.95. The van der Waals surface area contributed by atoms with Gasteiger partial charge in [-0.2, -0.15) is 0 Å². The maximum Gasteiger partial charge on any atom is 0.216 e. The van der Waals surface area contributed by atoms with Crippen molar-refractivity contribution in [3.05, 3.63) is 35.0 Å². The zero-order chi connectivity index (χ0) is 14.7. The number of carbonyl (C=O) groups is 1. The van der Waals surface area contributed by atoms with Crippen molar-refractivity contribution in [1.82, 2.24) is 10.3 Å². The Balaban J connectivity index is 1.78. The second kappa shape index (κ2) is 6.05. The summed E-state index contributed by atoms with van der Waals surface area (Å²) in [6, 6.07) is 6.39. The van der Waals surface area contributed by atoms with Crippen molar-refractivity contribution >= 4 is 16.8 Å². The van der Waals surface area contributed by atoms with Crippen LogP contribution in [0.2, 0.25) is 0 Å². The minimum atomic E-state index is -0.00262. The maximum absolute atomic E-state index is 10.8. The van der Waals surface area contributed by atoms with Gasteiger partial charge < -0.3 is 10.3 Å². The highest BCUT2D eigenvalue weighted by atomic mass is 16.1. The average Bonchev–Trinajstić information content (AvgIpc) is 2.84. The van der Waals surface area contributed by atoms with Gasteiger partial charge in [0.05, 0.1) is 0 Å². The van der Waals surface area contributed by atoms with Crippen molar-refractivity contribution in [2.75, 3.05) is 6.54 Å². The van der Waals surface area contributed by atoms with Crippen LogP contribution in [0.25, 0.3) is 10.9 Å². The number of H-pyrrole nitrogens is 1. The molecule has 2 aromatic rings. The summed E-state index contributed by atoms with van der Waals surface area (Å²) in [6.45, 7) is 2.14. The van der Waals surface area contributed by atoms with Crippen LogP contribution in [0.3, 0.4) is 0 Å². The number of aromatic nitrogens is 1. The third-order valence-corrected chi connectivity index (χ3v) is 3.95. The monoisotopic (exact) mass is 280 g/mol. The lowest BCUT2D eigenvalue weighted by Gasteiger charge is -2.10. The Hall–Kier alpha value is -2.21. The first-order valence-corrected chi connectivity index (χ1v) is 7.61. The summed E-state index contributed by atoms with van der Waals surface area (Å²) in [4.78, 5) is 14.3. The Bertz CT molecular complexity index is 731. The predicted molar refractivity (Wildman–Crippen MR) is 85.1 cm³/mol. The van der Waals surface area contributed by atoms with Gasteiger partial charge in [-0.1, -0.05) is 11.8 Å². The molecule has 1 amide bonds. The van der Waals surface area contributed by atoms with Crippen LogP contribution in [0.1, 0.15) is 43.0 Å². The Morgan fingerprint density at radius 2 is 2.19 bits per heavy atom. The summed E-state index contributed by atoms with van der Waals surface area (Å²) >= 11 is 0. The van der Waals surface area contributed by atoms with Gasteiger partial charge in [0, 0.05) is 42.0 Å². The molecule has 1 aromatic carbocycles. The fraction of sp³-hybridized carbons (Fsp3) is 0.389. The molecule has 0 atom stereocenters. The first kappa shape index (κ1) is 13.8. The first-order chi connectivity index (χ1) is 10.2. The maximum atomic E-state index is 10.8. The average molecular weight is 280 g/mol. The summed E-state index contributed by atoms with van der Waals surface area (Å²) in [5.74, 6) is 6.31. The lowest BCUT2D eigenvalue weighted by molar-refractivity contribution is -0.118. The molecule has 3 heteroatoms. The largest absolute Gasteiger partial charge is 0.358 e. The molecule has 1 aliphatic rings. The van der Waals surface area contributed by atoms with Gasteiger partial charge in [0.15, 0.2) is 0 Å². The number of fused-ring (bicyclic) bond motifs is 3. The molecule has 2 N–H and O–H groups in total. The summed E-state index contributed by atoms with van der Waals surface area (Å²) in [5.41, 5.74) is 5.17. The van der Waals surface area contributed by atoms with Gasteiger partial charge in [-0.25, -0.2) is 0 Å². The number of nitrogens with one attached hydrogen (secondary N) is 2. The fourth-order valence-corrected chi connectivity index (χ4v) is 2.95. The van der Waals surface area contributed by atoms with Crippen LogP contribution >= 0.6 is 0 Å². The van der Waals surface area contributed by atoms with E-state index in [1.54, 1.807) is 0 Å². The number of hydrogen-bond acceptors (Lipinski definition) is 1. The van der Waals surface area contributed by atoms with Crippen LogP contribution in [-0.4, -0.2) is 17.4 Å². The SMILES string of the molecule is CC(=O)NCCC#Cc1ccc2[nH]c3c(c2c1)CCCC3. The molecule has 0 aliphatic heterocycles. The van der Waals surface area contributed by atoms with Crippen molar-refractivity contribution in [1.29, 1.82) is 0 Å². The van der Waals surface area contributed by atoms with Gasteiger partial charge in [-0.05, 0) is 49.4 Å². The molecular weight excluding hydrogens is 260 g/mol. The predicted octanol–water partition coefficient (Wildman–Crippen LogP) is 2.92. The molecule has 1 aromatic heterocycles. The number of benzene rings is 1.